The van der Waals surface area contributed by atoms with Gasteiger partial charge in [-0.05, 0) is 31.5 Å². The molecule has 2 heteroatoms. The molecule has 0 unspecified atom stereocenters. The van der Waals surface area contributed by atoms with E-state index in [1.807, 2.05) is 24.4 Å². The number of aromatic nitrogens is 1. The van der Waals surface area contributed by atoms with E-state index in [0.29, 0.717) is 6.04 Å². The number of benzene rings is 1. The smallest absolute Gasteiger partial charge is 0.0570 e. The highest BCUT2D eigenvalue weighted by molar-refractivity contribution is 5.19. The molecular formula is C15H18N2. The van der Waals surface area contributed by atoms with Gasteiger partial charge < -0.3 is 5.32 Å². The van der Waals surface area contributed by atoms with Gasteiger partial charge in [0.25, 0.3) is 0 Å². The summed E-state index contributed by atoms with van der Waals surface area (Å²) in [5.74, 6) is 0. The van der Waals surface area contributed by atoms with Crippen LogP contribution in [-0.2, 0) is 0 Å². The molecule has 0 bridgehead atoms. The Kier molecular flexibility index (Phi) is 3.89. The molecule has 1 N–H and O–H groups in total. The molecule has 88 valence electrons. The van der Waals surface area contributed by atoms with Crippen LogP contribution < -0.4 is 5.32 Å². The van der Waals surface area contributed by atoms with Gasteiger partial charge >= 0.3 is 0 Å². The summed E-state index contributed by atoms with van der Waals surface area (Å²) in [6.07, 6.45) is 1.83. The van der Waals surface area contributed by atoms with Crippen molar-refractivity contribution in [1.29, 1.82) is 0 Å². The predicted octanol–water partition coefficient (Wildman–Crippen LogP) is 3.49. The summed E-state index contributed by atoms with van der Waals surface area (Å²) in [5.41, 5.74) is 2.38. The Morgan fingerprint density at radius 1 is 0.882 bits per heavy atom. The second-order valence-electron chi connectivity index (χ2n) is 4.28. The first kappa shape index (κ1) is 11.8. The fourth-order valence-corrected chi connectivity index (χ4v) is 1.93. The van der Waals surface area contributed by atoms with Crippen LogP contribution in [-0.4, -0.2) is 4.98 Å². The van der Waals surface area contributed by atoms with Crippen molar-refractivity contribution in [3.8, 4) is 0 Å². The Morgan fingerprint density at radius 3 is 2.24 bits per heavy atom. The van der Waals surface area contributed by atoms with E-state index in [1.165, 1.54) is 5.56 Å². The minimum Gasteiger partial charge on any atom is -0.302 e. The number of nitrogens with one attached hydrogen (secondary N) is 1. The lowest BCUT2D eigenvalue weighted by Gasteiger charge is -2.19. The molecule has 0 aliphatic heterocycles. The quantitative estimate of drug-likeness (QED) is 0.863. The molecule has 2 atom stereocenters. The van der Waals surface area contributed by atoms with Crippen LogP contribution in [0.2, 0.25) is 0 Å². The Hall–Kier alpha value is -1.67. The normalized spacial score (nSPS) is 14.2. The van der Waals surface area contributed by atoms with Gasteiger partial charge in [0.2, 0.25) is 0 Å². The van der Waals surface area contributed by atoms with Gasteiger partial charge in [-0.1, -0.05) is 36.4 Å². The summed E-state index contributed by atoms with van der Waals surface area (Å²) < 4.78 is 0. The fraction of sp³-hybridized carbons (Fsp3) is 0.267. The Labute approximate surface area is 103 Å². The monoisotopic (exact) mass is 226 g/mol. The molecule has 1 heterocycles. The molecule has 2 rings (SSSR count). The summed E-state index contributed by atoms with van der Waals surface area (Å²) in [4.78, 5) is 4.36. The number of pyridine rings is 1. The summed E-state index contributed by atoms with van der Waals surface area (Å²) in [6, 6.07) is 17.1. The number of hydrogen-bond acceptors (Lipinski definition) is 2. The van der Waals surface area contributed by atoms with Crippen LogP contribution in [0.5, 0.6) is 0 Å². The van der Waals surface area contributed by atoms with Crippen molar-refractivity contribution in [2.45, 2.75) is 25.9 Å². The van der Waals surface area contributed by atoms with Crippen LogP contribution in [0.15, 0.2) is 54.7 Å². The third kappa shape index (κ3) is 3.14. The first-order chi connectivity index (χ1) is 8.27. The minimum absolute atomic E-state index is 0.256. The lowest BCUT2D eigenvalue weighted by molar-refractivity contribution is 0.486. The molecule has 2 nitrogen and oxygen atoms in total. The van der Waals surface area contributed by atoms with Crippen molar-refractivity contribution in [3.05, 3.63) is 66.0 Å². The molecule has 0 radical (unpaired) electrons. The third-order valence-electron chi connectivity index (χ3n) is 2.93. The average molecular weight is 226 g/mol. The predicted molar refractivity (Wildman–Crippen MR) is 70.6 cm³/mol. The van der Waals surface area contributed by atoms with Crippen LogP contribution in [0.1, 0.15) is 37.2 Å². The first-order valence-electron chi connectivity index (χ1n) is 5.99. The van der Waals surface area contributed by atoms with Gasteiger partial charge in [-0.3, -0.25) is 4.98 Å². The van der Waals surface area contributed by atoms with E-state index in [1.54, 1.807) is 0 Å². The Balaban J connectivity index is 2.02. The summed E-state index contributed by atoms with van der Waals surface area (Å²) in [6.45, 7) is 4.32. The average Bonchev–Trinajstić information content (AvgIpc) is 2.40. The van der Waals surface area contributed by atoms with Crippen molar-refractivity contribution in [2.24, 2.45) is 0 Å². The molecule has 0 aliphatic rings. The maximum Gasteiger partial charge on any atom is 0.0570 e. The maximum absolute atomic E-state index is 4.36. The second-order valence-corrected chi connectivity index (χ2v) is 4.28. The summed E-state index contributed by atoms with van der Waals surface area (Å²) in [7, 11) is 0. The van der Waals surface area contributed by atoms with Crippen LogP contribution in [0.4, 0.5) is 0 Å². The zero-order valence-electron chi connectivity index (χ0n) is 10.3. The van der Waals surface area contributed by atoms with Crippen LogP contribution in [0.25, 0.3) is 0 Å². The maximum atomic E-state index is 4.36. The number of hydrogen-bond donors (Lipinski definition) is 1. The van der Waals surface area contributed by atoms with Gasteiger partial charge in [0.1, 0.15) is 0 Å². The highest BCUT2D eigenvalue weighted by atomic mass is 15.0. The van der Waals surface area contributed by atoms with Gasteiger partial charge in [0.05, 0.1) is 5.69 Å². The molecule has 17 heavy (non-hydrogen) atoms. The second kappa shape index (κ2) is 5.60. The molecule has 0 fully saturated rings. The topological polar surface area (TPSA) is 24.9 Å². The minimum atomic E-state index is 0.256. The number of nitrogens with zero attached hydrogens (tertiary/aromatic N) is 1. The van der Waals surface area contributed by atoms with E-state index >= 15 is 0 Å². The van der Waals surface area contributed by atoms with Crippen molar-refractivity contribution in [2.75, 3.05) is 0 Å². The zero-order chi connectivity index (χ0) is 12.1. The molecule has 1 aromatic heterocycles. The molecule has 0 amide bonds. The van der Waals surface area contributed by atoms with E-state index < -0.39 is 0 Å². The molecule has 0 saturated carbocycles. The first-order valence-corrected chi connectivity index (χ1v) is 5.99. The summed E-state index contributed by atoms with van der Waals surface area (Å²) >= 11 is 0. The van der Waals surface area contributed by atoms with Crippen molar-refractivity contribution in [1.82, 2.24) is 10.3 Å². The lowest BCUT2D eigenvalue weighted by Crippen LogP contribution is -2.23. The van der Waals surface area contributed by atoms with Gasteiger partial charge in [-0.2, -0.15) is 0 Å². The van der Waals surface area contributed by atoms with E-state index in [9.17, 15) is 0 Å². The molecule has 2 aromatic rings. The molecule has 0 saturated heterocycles. The zero-order valence-corrected chi connectivity index (χ0v) is 10.3. The van der Waals surface area contributed by atoms with Crippen molar-refractivity contribution < 1.29 is 0 Å². The Morgan fingerprint density at radius 2 is 1.59 bits per heavy atom. The molecule has 0 spiro atoms. The van der Waals surface area contributed by atoms with E-state index in [2.05, 4.69) is 54.5 Å². The Bertz CT molecular complexity index is 395. The van der Waals surface area contributed by atoms with Crippen LogP contribution in [0.3, 0.4) is 0 Å². The highest BCUT2D eigenvalue weighted by Crippen LogP contribution is 2.17. The van der Waals surface area contributed by atoms with Crippen molar-refractivity contribution in [3.63, 3.8) is 0 Å². The summed E-state index contributed by atoms with van der Waals surface area (Å²) in [5, 5.41) is 3.55. The SMILES string of the molecule is C[C@H](N[C@H](C)c1ccccc1)c1ccccn1. The van der Waals surface area contributed by atoms with Gasteiger partial charge in [0.15, 0.2) is 0 Å². The van der Waals surface area contributed by atoms with Crippen molar-refractivity contribution >= 4 is 0 Å². The molecular weight excluding hydrogens is 208 g/mol. The van der Waals surface area contributed by atoms with Gasteiger partial charge in [0, 0.05) is 18.3 Å². The highest BCUT2D eigenvalue weighted by Gasteiger charge is 2.10. The third-order valence-corrected chi connectivity index (χ3v) is 2.93. The van der Waals surface area contributed by atoms with Crippen LogP contribution >= 0.6 is 0 Å². The largest absolute Gasteiger partial charge is 0.302 e. The van der Waals surface area contributed by atoms with Crippen LogP contribution in [0, 0.1) is 0 Å². The van der Waals surface area contributed by atoms with E-state index in [0.717, 1.165) is 5.69 Å². The standard InChI is InChI=1S/C15H18N2/c1-12(14-8-4-3-5-9-14)17-13(2)15-10-6-7-11-16-15/h3-13,17H,1-2H3/t12-,13+/m1/s1. The fourth-order valence-electron chi connectivity index (χ4n) is 1.93. The number of rotatable bonds is 4. The van der Waals surface area contributed by atoms with Gasteiger partial charge in [-0.25, -0.2) is 0 Å². The van der Waals surface area contributed by atoms with E-state index in [-0.39, 0.29) is 6.04 Å². The van der Waals surface area contributed by atoms with Gasteiger partial charge in [-0.15, -0.1) is 0 Å². The molecule has 1 aromatic carbocycles. The molecule has 0 aliphatic carbocycles. The lowest BCUT2D eigenvalue weighted by atomic mass is 10.1. The van der Waals surface area contributed by atoms with E-state index in [4.69, 9.17) is 0 Å².